The molecule has 20 heavy (non-hydrogen) atoms. The van der Waals surface area contributed by atoms with Crippen LogP contribution in [0.3, 0.4) is 0 Å². The molecule has 2 heterocycles. The number of hydrazine groups is 1. The number of piperidine rings is 1. The van der Waals surface area contributed by atoms with Gasteiger partial charge in [-0.25, -0.2) is 5.84 Å². The van der Waals surface area contributed by atoms with Crippen LogP contribution in [0.1, 0.15) is 34.7 Å². The lowest BCUT2D eigenvalue weighted by Crippen LogP contribution is -2.44. The number of amides is 1. The van der Waals surface area contributed by atoms with E-state index in [1.54, 1.807) is 0 Å². The van der Waals surface area contributed by atoms with E-state index in [4.69, 9.17) is 10.3 Å². The van der Waals surface area contributed by atoms with Crippen molar-refractivity contribution in [1.82, 2.24) is 15.2 Å². The van der Waals surface area contributed by atoms with E-state index in [-0.39, 0.29) is 5.91 Å². The van der Waals surface area contributed by atoms with Crippen molar-refractivity contribution in [2.24, 2.45) is 5.84 Å². The standard InChI is InChI=1S/C14H24N4O2/c1-10-7-12(20-13(10)14(19)16-15)9-18(3)11-5-4-6-17(2)8-11/h7,11H,4-6,8-9,15H2,1-3H3,(H,16,19). The molecule has 1 atom stereocenters. The highest BCUT2D eigenvalue weighted by Crippen LogP contribution is 2.19. The normalized spacial score (nSPS) is 20.4. The number of furan rings is 1. The largest absolute Gasteiger partial charge is 0.454 e. The third kappa shape index (κ3) is 3.39. The minimum absolute atomic E-state index is 0.302. The first-order valence-electron chi connectivity index (χ1n) is 7.00. The molecular weight excluding hydrogens is 256 g/mol. The first kappa shape index (κ1) is 15.0. The van der Waals surface area contributed by atoms with Crippen molar-refractivity contribution in [1.29, 1.82) is 0 Å². The number of rotatable bonds is 4. The summed E-state index contributed by atoms with van der Waals surface area (Å²) in [4.78, 5) is 16.2. The molecule has 0 aliphatic carbocycles. The summed E-state index contributed by atoms with van der Waals surface area (Å²) in [7, 11) is 4.26. The SMILES string of the molecule is Cc1cc(CN(C)C2CCCN(C)C2)oc1C(=O)NN. The number of carbonyl (C=O) groups excluding carboxylic acids is 1. The number of likely N-dealkylation sites (tertiary alicyclic amines) is 1. The Bertz CT molecular complexity index is 472. The molecule has 1 fully saturated rings. The molecule has 0 aromatic carbocycles. The maximum absolute atomic E-state index is 11.5. The number of nitrogen functional groups attached to an aromatic ring is 1. The van der Waals surface area contributed by atoms with Gasteiger partial charge < -0.3 is 9.32 Å². The second kappa shape index (κ2) is 6.39. The van der Waals surface area contributed by atoms with Crippen molar-refractivity contribution >= 4 is 5.91 Å². The number of hydrogen-bond acceptors (Lipinski definition) is 5. The molecule has 0 radical (unpaired) electrons. The molecule has 1 aromatic heterocycles. The second-order valence-electron chi connectivity index (χ2n) is 5.67. The summed E-state index contributed by atoms with van der Waals surface area (Å²) in [5.41, 5.74) is 2.92. The van der Waals surface area contributed by atoms with E-state index in [1.807, 2.05) is 13.0 Å². The molecule has 0 saturated carbocycles. The highest BCUT2D eigenvalue weighted by Gasteiger charge is 2.22. The van der Waals surface area contributed by atoms with Crippen LogP contribution in [0.2, 0.25) is 0 Å². The third-order valence-corrected chi connectivity index (χ3v) is 3.93. The Labute approximate surface area is 119 Å². The Balaban J connectivity index is 2.00. The predicted molar refractivity (Wildman–Crippen MR) is 77.1 cm³/mol. The van der Waals surface area contributed by atoms with Crippen LogP contribution in [0.5, 0.6) is 0 Å². The average molecular weight is 280 g/mol. The number of hydrogen-bond donors (Lipinski definition) is 2. The van der Waals surface area contributed by atoms with Crippen molar-refractivity contribution in [2.45, 2.75) is 32.4 Å². The lowest BCUT2D eigenvalue weighted by Gasteiger charge is -2.35. The second-order valence-corrected chi connectivity index (χ2v) is 5.67. The van der Waals surface area contributed by atoms with Gasteiger partial charge in [0.25, 0.3) is 0 Å². The molecule has 6 heteroatoms. The van der Waals surface area contributed by atoms with E-state index in [1.165, 1.54) is 19.4 Å². The van der Waals surface area contributed by atoms with Crippen LogP contribution in [0, 0.1) is 6.92 Å². The molecule has 1 aliphatic heterocycles. The van der Waals surface area contributed by atoms with Crippen LogP contribution < -0.4 is 11.3 Å². The van der Waals surface area contributed by atoms with Crippen LogP contribution in [0.15, 0.2) is 10.5 Å². The number of likely N-dealkylation sites (N-methyl/N-ethyl adjacent to an activating group) is 2. The van der Waals surface area contributed by atoms with E-state index < -0.39 is 0 Å². The highest BCUT2D eigenvalue weighted by molar-refractivity contribution is 5.92. The van der Waals surface area contributed by atoms with Gasteiger partial charge >= 0.3 is 5.91 Å². The molecule has 1 aromatic rings. The summed E-state index contributed by atoms with van der Waals surface area (Å²) >= 11 is 0. The van der Waals surface area contributed by atoms with Gasteiger partial charge in [-0.1, -0.05) is 0 Å². The van der Waals surface area contributed by atoms with Gasteiger partial charge in [0.05, 0.1) is 6.54 Å². The Morgan fingerprint density at radius 1 is 1.65 bits per heavy atom. The predicted octanol–water partition coefficient (Wildman–Crippen LogP) is 0.718. The van der Waals surface area contributed by atoms with Crippen molar-refractivity contribution in [2.75, 3.05) is 27.2 Å². The monoisotopic (exact) mass is 280 g/mol. The summed E-state index contributed by atoms with van der Waals surface area (Å²) in [5.74, 6) is 5.86. The number of carbonyl (C=O) groups is 1. The molecule has 6 nitrogen and oxygen atoms in total. The Morgan fingerprint density at radius 3 is 3.05 bits per heavy atom. The van der Waals surface area contributed by atoms with Crippen LogP contribution in [-0.4, -0.2) is 48.9 Å². The minimum atomic E-state index is -0.381. The van der Waals surface area contributed by atoms with Gasteiger partial charge in [0.2, 0.25) is 0 Å². The van der Waals surface area contributed by atoms with Gasteiger partial charge in [-0.05, 0) is 46.5 Å². The summed E-state index contributed by atoms with van der Waals surface area (Å²) in [6.45, 7) is 4.81. The van der Waals surface area contributed by atoms with Gasteiger partial charge in [-0.2, -0.15) is 0 Å². The number of nitrogens with one attached hydrogen (secondary N) is 1. The van der Waals surface area contributed by atoms with E-state index in [0.717, 1.165) is 17.9 Å². The molecule has 1 unspecified atom stereocenters. The fourth-order valence-corrected chi connectivity index (χ4v) is 2.79. The molecular formula is C14H24N4O2. The Hall–Kier alpha value is -1.37. The number of nitrogens with two attached hydrogens (primary N) is 1. The zero-order valence-corrected chi connectivity index (χ0v) is 12.5. The van der Waals surface area contributed by atoms with Crippen LogP contribution in [-0.2, 0) is 6.54 Å². The van der Waals surface area contributed by atoms with Crippen molar-refractivity contribution < 1.29 is 9.21 Å². The van der Waals surface area contributed by atoms with E-state index in [9.17, 15) is 4.79 Å². The maximum atomic E-state index is 11.5. The summed E-state index contributed by atoms with van der Waals surface area (Å²) in [6.07, 6.45) is 2.43. The molecule has 1 aliphatic rings. The zero-order chi connectivity index (χ0) is 14.7. The molecule has 2 rings (SSSR count). The van der Waals surface area contributed by atoms with Crippen molar-refractivity contribution in [3.05, 3.63) is 23.2 Å². The van der Waals surface area contributed by atoms with E-state index in [2.05, 4.69) is 29.3 Å². The zero-order valence-electron chi connectivity index (χ0n) is 12.5. The lowest BCUT2D eigenvalue weighted by molar-refractivity contribution is 0.0916. The van der Waals surface area contributed by atoms with Gasteiger partial charge in [0.1, 0.15) is 5.76 Å². The Kier molecular flexibility index (Phi) is 4.80. The molecule has 3 N–H and O–H groups in total. The Morgan fingerprint density at radius 2 is 2.40 bits per heavy atom. The maximum Gasteiger partial charge on any atom is 0.301 e. The van der Waals surface area contributed by atoms with Crippen molar-refractivity contribution in [3.63, 3.8) is 0 Å². The molecule has 112 valence electrons. The summed E-state index contributed by atoms with van der Waals surface area (Å²) in [6, 6.07) is 2.44. The lowest BCUT2D eigenvalue weighted by atomic mass is 10.1. The quantitative estimate of drug-likeness (QED) is 0.483. The number of nitrogens with zero attached hydrogens (tertiary/aromatic N) is 2. The first-order chi connectivity index (χ1) is 9.51. The summed E-state index contributed by atoms with van der Waals surface area (Å²) in [5, 5.41) is 0. The van der Waals surface area contributed by atoms with Crippen LogP contribution in [0.4, 0.5) is 0 Å². The highest BCUT2D eigenvalue weighted by atomic mass is 16.4. The van der Waals surface area contributed by atoms with Gasteiger partial charge in [-0.3, -0.25) is 15.1 Å². The fourth-order valence-electron chi connectivity index (χ4n) is 2.79. The molecule has 0 spiro atoms. The van der Waals surface area contributed by atoms with Crippen molar-refractivity contribution in [3.8, 4) is 0 Å². The van der Waals surface area contributed by atoms with E-state index >= 15 is 0 Å². The van der Waals surface area contributed by atoms with Crippen LogP contribution >= 0.6 is 0 Å². The molecule has 1 saturated heterocycles. The summed E-state index contributed by atoms with van der Waals surface area (Å²) < 4.78 is 5.61. The molecule has 1 amide bonds. The average Bonchev–Trinajstić information content (AvgIpc) is 2.78. The van der Waals surface area contributed by atoms with Gasteiger partial charge in [0, 0.05) is 18.2 Å². The minimum Gasteiger partial charge on any atom is -0.454 e. The third-order valence-electron chi connectivity index (χ3n) is 3.93. The molecule has 0 bridgehead atoms. The van der Waals surface area contributed by atoms with Gasteiger partial charge in [0.15, 0.2) is 5.76 Å². The van der Waals surface area contributed by atoms with Gasteiger partial charge in [-0.15, -0.1) is 0 Å². The topological polar surface area (TPSA) is 74.7 Å². The van der Waals surface area contributed by atoms with Crippen LogP contribution in [0.25, 0.3) is 0 Å². The fraction of sp³-hybridized carbons (Fsp3) is 0.643. The van der Waals surface area contributed by atoms with E-state index in [0.29, 0.717) is 18.3 Å². The number of aryl methyl sites for hydroxylation is 1. The first-order valence-corrected chi connectivity index (χ1v) is 7.00. The smallest absolute Gasteiger partial charge is 0.301 e.